The van der Waals surface area contributed by atoms with Crippen molar-refractivity contribution in [1.82, 2.24) is 0 Å². The van der Waals surface area contributed by atoms with Gasteiger partial charge in [-0.05, 0) is 22.9 Å². The molecule has 0 saturated heterocycles. The first-order valence-electron chi connectivity index (χ1n) is 5.94. The van der Waals surface area contributed by atoms with Gasteiger partial charge < -0.3 is 5.11 Å². The van der Waals surface area contributed by atoms with Gasteiger partial charge in [-0.3, -0.25) is 0 Å². The summed E-state index contributed by atoms with van der Waals surface area (Å²) < 4.78 is 22.3. The van der Waals surface area contributed by atoms with Crippen LogP contribution in [0, 0.1) is 0 Å². The third-order valence-corrected chi connectivity index (χ3v) is 5.11. The van der Waals surface area contributed by atoms with E-state index < -0.39 is 15.8 Å². The quantitative estimate of drug-likeness (QED) is 0.860. The third kappa shape index (κ3) is 3.52. The monoisotopic (exact) mass is 310 g/mol. The molecular weight excluding hydrogens is 296 g/mol. The second kappa shape index (κ2) is 5.85. The van der Waals surface area contributed by atoms with Crippen molar-refractivity contribution in [3.05, 3.63) is 42.0 Å². The second-order valence-electron chi connectivity index (χ2n) is 4.44. The maximum absolute atomic E-state index is 11.2. The molecule has 0 radical (unpaired) electrons. The number of aromatic carboxylic acids is 1. The van der Waals surface area contributed by atoms with Crippen molar-refractivity contribution >= 4 is 38.3 Å². The van der Waals surface area contributed by atoms with E-state index in [0.717, 1.165) is 10.3 Å². The van der Waals surface area contributed by atoms with E-state index in [-0.39, 0.29) is 11.3 Å². The first-order chi connectivity index (χ1) is 9.38. The second-order valence-corrected chi connectivity index (χ2v) is 7.84. The van der Waals surface area contributed by atoms with Crippen molar-refractivity contribution in [2.75, 3.05) is 17.8 Å². The van der Waals surface area contributed by atoms with E-state index in [4.69, 9.17) is 0 Å². The van der Waals surface area contributed by atoms with E-state index in [0.29, 0.717) is 11.1 Å². The molecule has 2 aromatic carbocycles. The Labute approximate surface area is 121 Å². The number of thioether (sulfide) groups is 1. The number of carboxylic acid groups (broad SMARTS) is 1. The summed E-state index contributed by atoms with van der Waals surface area (Å²) in [7, 11) is -2.98. The number of benzene rings is 2. The summed E-state index contributed by atoms with van der Waals surface area (Å²) >= 11 is 1.43. The highest BCUT2D eigenvalue weighted by Gasteiger charge is 2.11. The maximum Gasteiger partial charge on any atom is 0.336 e. The Morgan fingerprint density at radius 1 is 1.15 bits per heavy atom. The van der Waals surface area contributed by atoms with E-state index >= 15 is 0 Å². The van der Waals surface area contributed by atoms with Crippen LogP contribution in [-0.2, 0) is 9.84 Å². The first kappa shape index (κ1) is 14.9. The molecule has 0 aliphatic heterocycles. The van der Waals surface area contributed by atoms with Crippen LogP contribution in [-0.4, -0.2) is 37.3 Å². The molecule has 0 fully saturated rings. The lowest BCUT2D eigenvalue weighted by atomic mass is 10.0. The minimum Gasteiger partial charge on any atom is -0.478 e. The topological polar surface area (TPSA) is 71.4 Å². The Kier molecular flexibility index (Phi) is 4.35. The highest BCUT2D eigenvalue weighted by atomic mass is 32.2. The fourth-order valence-corrected chi connectivity index (χ4v) is 4.15. The lowest BCUT2D eigenvalue weighted by molar-refractivity contribution is 0.0699. The van der Waals surface area contributed by atoms with E-state index in [1.165, 1.54) is 18.0 Å². The Bertz CT molecular complexity index is 751. The average molecular weight is 310 g/mol. The summed E-state index contributed by atoms with van der Waals surface area (Å²) in [6.45, 7) is 0. The summed E-state index contributed by atoms with van der Waals surface area (Å²) in [6, 6.07) is 10.5. The van der Waals surface area contributed by atoms with Gasteiger partial charge in [0.25, 0.3) is 0 Å². The van der Waals surface area contributed by atoms with Crippen LogP contribution in [0.15, 0.2) is 41.3 Å². The van der Waals surface area contributed by atoms with Crippen LogP contribution in [0.3, 0.4) is 0 Å². The normalized spacial score (nSPS) is 11.7. The summed E-state index contributed by atoms with van der Waals surface area (Å²) in [5, 5.41) is 10.7. The molecule has 0 heterocycles. The molecule has 0 aliphatic carbocycles. The molecule has 0 bridgehead atoms. The van der Waals surface area contributed by atoms with Gasteiger partial charge in [0.15, 0.2) is 0 Å². The SMILES string of the molecule is CS(=O)(=O)CCSc1ccc(C(=O)O)c2ccccc12. The molecule has 20 heavy (non-hydrogen) atoms. The van der Waals surface area contributed by atoms with Gasteiger partial charge in [-0.15, -0.1) is 11.8 Å². The van der Waals surface area contributed by atoms with Crippen molar-refractivity contribution in [2.45, 2.75) is 4.90 Å². The highest BCUT2D eigenvalue weighted by molar-refractivity contribution is 8.00. The zero-order chi connectivity index (χ0) is 14.8. The highest BCUT2D eigenvalue weighted by Crippen LogP contribution is 2.30. The fraction of sp³-hybridized carbons (Fsp3) is 0.214. The van der Waals surface area contributed by atoms with Crippen LogP contribution in [0.25, 0.3) is 10.8 Å². The van der Waals surface area contributed by atoms with Crippen LogP contribution in [0.1, 0.15) is 10.4 Å². The number of hydrogen-bond donors (Lipinski definition) is 1. The van der Waals surface area contributed by atoms with Crippen molar-refractivity contribution in [1.29, 1.82) is 0 Å². The Morgan fingerprint density at radius 2 is 1.80 bits per heavy atom. The van der Waals surface area contributed by atoms with Gasteiger partial charge in [0.1, 0.15) is 9.84 Å². The summed E-state index contributed by atoms with van der Waals surface area (Å²) in [4.78, 5) is 12.1. The molecule has 6 heteroatoms. The smallest absolute Gasteiger partial charge is 0.336 e. The van der Waals surface area contributed by atoms with Crippen LogP contribution in [0.2, 0.25) is 0 Å². The molecular formula is C14H14O4S2. The van der Waals surface area contributed by atoms with Crippen LogP contribution >= 0.6 is 11.8 Å². The minimum atomic E-state index is -2.98. The molecule has 2 rings (SSSR count). The number of sulfone groups is 1. The molecule has 0 aromatic heterocycles. The number of rotatable bonds is 5. The summed E-state index contributed by atoms with van der Waals surface area (Å²) in [5.41, 5.74) is 0.257. The van der Waals surface area contributed by atoms with Gasteiger partial charge in [0.2, 0.25) is 0 Å². The lowest BCUT2D eigenvalue weighted by Crippen LogP contribution is -2.05. The molecule has 0 saturated carbocycles. The maximum atomic E-state index is 11.2. The van der Waals surface area contributed by atoms with Gasteiger partial charge in [-0.2, -0.15) is 0 Å². The zero-order valence-corrected chi connectivity index (χ0v) is 12.5. The van der Waals surface area contributed by atoms with Crippen molar-refractivity contribution < 1.29 is 18.3 Å². The van der Waals surface area contributed by atoms with Gasteiger partial charge in [0, 0.05) is 16.9 Å². The predicted octanol–water partition coefficient (Wildman–Crippen LogP) is 2.67. The van der Waals surface area contributed by atoms with Crippen LogP contribution < -0.4 is 0 Å². The molecule has 1 N–H and O–H groups in total. The molecule has 2 aromatic rings. The number of hydrogen-bond acceptors (Lipinski definition) is 4. The van der Waals surface area contributed by atoms with E-state index in [1.807, 2.05) is 12.1 Å². The number of fused-ring (bicyclic) bond motifs is 1. The molecule has 106 valence electrons. The largest absolute Gasteiger partial charge is 0.478 e. The summed E-state index contributed by atoms with van der Waals surface area (Å²) in [5.74, 6) is -0.407. The Hall–Kier alpha value is -1.53. The van der Waals surface area contributed by atoms with Crippen molar-refractivity contribution in [2.24, 2.45) is 0 Å². The molecule has 0 unspecified atom stereocenters. The standard InChI is InChI=1S/C14H14O4S2/c1-20(17,18)9-8-19-13-7-6-12(14(15)16)10-4-2-3-5-11(10)13/h2-7H,8-9H2,1H3,(H,15,16). The fourth-order valence-electron chi connectivity index (χ4n) is 1.89. The van der Waals surface area contributed by atoms with Crippen molar-refractivity contribution in [3.63, 3.8) is 0 Å². The predicted molar refractivity (Wildman–Crippen MR) is 81.3 cm³/mol. The Morgan fingerprint density at radius 3 is 2.40 bits per heavy atom. The van der Waals surface area contributed by atoms with E-state index in [2.05, 4.69) is 0 Å². The number of carbonyl (C=O) groups is 1. The molecule has 0 amide bonds. The molecule has 0 aliphatic rings. The minimum absolute atomic E-state index is 0.104. The van der Waals surface area contributed by atoms with Crippen LogP contribution in [0.4, 0.5) is 0 Å². The van der Waals surface area contributed by atoms with E-state index in [1.54, 1.807) is 24.3 Å². The van der Waals surface area contributed by atoms with E-state index in [9.17, 15) is 18.3 Å². The zero-order valence-electron chi connectivity index (χ0n) is 10.9. The Balaban J connectivity index is 2.36. The molecule has 0 atom stereocenters. The van der Waals surface area contributed by atoms with Gasteiger partial charge in [-0.1, -0.05) is 24.3 Å². The van der Waals surface area contributed by atoms with Gasteiger partial charge in [-0.25, -0.2) is 13.2 Å². The summed E-state index contributed by atoms with van der Waals surface area (Å²) in [6.07, 6.45) is 1.21. The third-order valence-electron chi connectivity index (χ3n) is 2.83. The first-order valence-corrected chi connectivity index (χ1v) is 8.98. The van der Waals surface area contributed by atoms with Crippen LogP contribution in [0.5, 0.6) is 0 Å². The average Bonchev–Trinajstić information content (AvgIpc) is 2.37. The lowest BCUT2D eigenvalue weighted by Gasteiger charge is -2.08. The van der Waals surface area contributed by atoms with Crippen molar-refractivity contribution in [3.8, 4) is 0 Å². The van der Waals surface area contributed by atoms with Gasteiger partial charge >= 0.3 is 5.97 Å². The molecule has 0 spiro atoms. The number of carboxylic acids is 1. The van der Waals surface area contributed by atoms with Gasteiger partial charge in [0.05, 0.1) is 11.3 Å². The molecule has 4 nitrogen and oxygen atoms in total.